The molecule has 1 aliphatic rings. The summed E-state index contributed by atoms with van der Waals surface area (Å²) in [5, 5.41) is 0. The van der Waals surface area contributed by atoms with Gasteiger partial charge in [0, 0.05) is 19.5 Å². The van der Waals surface area contributed by atoms with Crippen molar-refractivity contribution in [2.24, 2.45) is 0 Å². The maximum Gasteiger partial charge on any atom is 0.416 e. The molecular formula is C13H14F3NO. The number of fused-ring (bicyclic) bond motifs is 1. The summed E-state index contributed by atoms with van der Waals surface area (Å²) < 4.78 is 38.6. The lowest BCUT2D eigenvalue weighted by Gasteiger charge is -2.30. The normalized spacial score (nSPS) is 15.4. The van der Waals surface area contributed by atoms with Gasteiger partial charge < -0.3 is 4.90 Å². The summed E-state index contributed by atoms with van der Waals surface area (Å²) in [5.74, 6) is -0.0994. The smallest absolute Gasteiger partial charge is 0.338 e. The highest BCUT2D eigenvalue weighted by molar-refractivity contribution is 5.76. The summed E-state index contributed by atoms with van der Waals surface area (Å²) in [7, 11) is 0. The highest BCUT2D eigenvalue weighted by Gasteiger charge is 2.35. The van der Waals surface area contributed by atoms with Crippen molar-refractivity contribution in [1.82, 2.24) is 4.90 Å². The molecule has 0 aliphatic carbocycles. The Labute approximate surface area is 103 Å². The third-order valence-corrected chi connectivity index (χ3v) is 3.23. The summed E-state index contributed by atoms with van der Waals surface area (Å²) in [6.45, 7) is 2.28. The molecule has 5 heteroatoms. The number of hydrogen-bond acceptors (Lipinski definition) is 1. The van der Waals surface area contributed by atoms with Crippen LogP contribution in [0.1, 0.15) is 30.0 Å². The molecular weight excluding hydrogens is 243 g/mol. The molecule has 0 fully saturated rings. The van der Waals surface area contributed by atoms with E-state index in [0.717, 1.165) is 6.07 Å². The molecule has 0 bridgehead atoms. The molecule has 0 atom stereocenters. The third-order valence-electron chi connectivity index (χ3n) is 3.23. The summed E-state index contributed by atoms with van der Waals surface area (Å²) in [4.78, 5) is 13.1. The molecule has 98 valence electrons. The second kappa shape index (κ2) is 4.63. The fraction of sp³-hybridized carbons (Fsp3) is 0.462. The fourth-order valence-electron chi connectivity index (χ4n) is 2.28. The van der Waals surface area contributed by atoms with E-state index in [0.29, 0.717) is 24.9 Å². The van der Waals surface area contributed by atoms with Crippen molar-refractivity contribution in [3.8, 4) is 0 Å². The maximum atomic E-state index is 12.9. The van der Waals surface area contributed by atoms with Crippen LogP contribution in [-0.4, -0.2) is 17.4 Å². The highest BCUT2D eigenvalue weighted by atomic mass is 19.4. The summed E-state index contributed by atoms with van der Waals surface area (Å²) in [6, 6.07) is 4.22. The van der Waals surface area contributed by atoms with E-state index < -0.39 is 11.7 Å². The van der Waals surface area contributed by atoms with Crippen LogP contribution in [-0.2, 0) is 23.9 Å². The van der Waals surface area contributed by atoms with Crippen LogP contribution in [0.2, 0.25) is 0 Å². The van der Waals surface area contributed by atoms with Gasteiger partial charge in [-0.25, -0.2) is 0 Å². The second-order valence-corrected chi connectivity index (χ2v) is 4.36. The standard InChI is InChI=1S/C13H14F3NO/c1-2-12(18)17-7-6-9-4-3-5-11(10(9)8-17)13(14,15)16/h3-5H,2,6-8H2,1H3. The van der Waals surface area contributed by atoms with Crippen LogP contribution < -0.4 is 0 Å². The molecule has 1 amide bonds. The Morgan fingerprint density at radius 1 is 1.39 bits per heavy atom. The maximum absolute atomic E-state index is 12.9. The van der Waals surface area contributed by atoms with E-state index in [2.05, 4.69) is 0 Å². The van der Waals surface area contributed by atoms with Crippen molar-refractivity contribution in [3.63, 3.8) is 0 Å². The monoisotopic (exact) mass is 257 g/mol. The first kappa shape index (κ1) is 12.9. The molecule has 1 aromatic rings. The number of carbonyl (C=O) groups excluding carboxylic acids is 1. The topological polar surface area (TPSA) is 20.3 Å². The van der Waals surface area contributed by atoms with Crippen LogP contribution in [0.25, 0.3) is 0 Å². The van der Waals surface area contributed by atoms with E-state index in [-0.39, 0.29) is 18.0 Å². The van der Waals surface area contributed by atoms with Gasteiger partial charge in [0.2, 0.25) is 5.91 Å². The lowest BCUT2D eigenvalue weighted by Crippen LogP contribution is -2.36. The van der Waals surface area contributed by atoms with E-state index >= 15 is 0 Å². The van der Waals surface area contributed by atoms with E-state index in [1.54, 1.807) is 13.0 Å². The van der Waals surface area contributed by atoms with E-state index in [1.807, 2.05) is 0 Å². The number of halogens is 3. The minimum absolute atomic E-state index is 0.0672. The van der Waals surface area contributed by atoms with Gasteiger partial charge in [-0.15, -0.1) is 0 Å². The Hall–Kier alpha value is -1.52. The van der Waals surface area contributed by atoms with Crippen molar-refractivity contribution in [2.45, 2.75) is 32.5 Å². The minimum atomic E-state index is -4.36. The van der Waals surface area contributed by atoms with Crippen molar-refractivity contribution >= 4 is 5.91 Å². The Morgan fingerprint density at radius 3 is 2.72 bits per heavy atom. The number of benzene rings is 1. The van der Waals surface area contributed by atoms with Crippen LogP contribution in [0.15, 0.2) is 18.2 Å². The Balaban J connectivity index is 2.38. The molecule has 0 N–H and O–H groups in total. The van der Waals surface area contributed by atoms with Gasteiger partial charge in [0.1, 0.15) is 0 Å². The molecule has 0 saturated heterocycles. The van der Waals surface area contributed by atoms with Gasteiger partial charge in [-0.1, -0.05) is 19.1 Å². The van der Waals surface area contributed by atoms with Gasteiger partial charge in [0.05, 0.1) is 5.56 Å². The SMILES string of the molecule is CCC(=O)N1CCc2cccc(C(F)(F)F)c2C1. The zero-order valence-electron chi connectivity index (χ0n) is 10.0. The summed E-state index contributed by atoms with van der Waals surface area (Å²) in [5.41, 5.74) is 0.330. The molecule has 18 heavy (non-hydrogen) atoms. The lowest BCUT2D eigenvalue weighted by atomic mass is 9.94. The Morgan fingerprint density at radius 2 is 2.11 bits per heavy atom. The van der Waals surface area contributed by atoms with Gasteiger partial charge in [-0.3, -0.25) is 4.79 Å². The first-order valence-electron chi connectivity index (χ1n) is 5.89. The molecule has 1 heterocycles. The van der Waals surface area contributed by atoms with Crippen LogP contribution in [0.5, 0.6) is 0 Å². The van der Waals surface area contributed by atoms with Gasteiger partial charge in [0.25, 0.3) is 0 Å². The molecule has 0 aromatic heterocycles. The number of rotatable bonds is 1. The molecule has 0 radical (unpaired) electrons. The zero-order chi connectivity index (χ0) is 13.3. The lowest BCUT2D eigenvalue weighted by molar-refractivity contribution is -0.140. The van der Waals surface area contributed by atoms with Gasteiger partial charge in [0.15, 0.2) is 0 Å². The molecule has 0 spiro atoms. The average molecular weight is 257 g/mol. The van der Waals surface area contributed by atoms with Gasteiger partial charge in [-0.2, -0.15) is 13.2 Å². The zero-order valence-corrected chi connectivity index (χ0v) is 10.0. The average Bonchev–Trinajstić information content (AvgIpc) is 2.35. The van der Waals surface area contributed by atoms with Crippen molar-refractivity contribution < 1.29 is 18.0 Å². The molecule has 0 unspecified atom stereocenters. The predicted octanol–water partition coefficient (Wildman–Crippen LogP) is 3.00. The van der Waals surface area contributed by atoms with Crippen LogP contribution in [0, 0.1) is 0 Å². The number of hydrogen-bond donors (Lipinski definition) is 0. The molecule has 1 aromatic carbocycles. The number of nitrogens with zero attached hydrogens (tertiary/aromatic N) is 1. The first-order chi connectivity index (χ1) is 8.43. The van der Waals surface area contributed by atoms with Crippen molar-refractivity contribution in [1.29, 1.82) is 0 Å². The number of carbonyl (C=O) groups is 1. The van der Waals surface area contributed by atoms with Crippen molar-refractivity contribution in [3.05, 3.63) is 34.9 Å². The number of alkyl halides is 3. The predicted molar refractivity (Wildman–Crippen MR) is 60.9 cm³/mol. The quantitative estimate of drug-likeness (QED) is 0.757. The van der Waals surface area contributed by atoms with E-state index in [9.17, 15) is 18.0 Å². The Kier molecular flexibility index (Phi) is 3.32. The second-order valence-electron chi connectivity index (χ2n) is 4.36. The van der Waals surface area contributed by atoms with Crippen LogP contribution in [0.4, 0.5) is 13.2 Å². The van der Waals surface area contributed by atoms with Crippen molar-refractivity contribution in [2.75, 3.05) is 6.54 Å². The van der Waals surface area contributed by atoms with Crippen LogP contribution in [0.3, 0.4) is 0 Å². The molecule has 1 aliphatic heterocycles. The van der Waals surface area contributed by atoms with Gasteiger partial charge >= 0.3 is 6.18 Å². The van der Waals surface area contributed by atoms with E-state index in [1.165, 1.54) is 11.0 Å². The third kappa shape index (κ3) is 2.35. The van der Waals surface area contributed by atoms with Crippen LogP contribution >= 0.6 is 0 Å². The first-order valence-corrected chi connectivity index (χ1v) is 5.89. The summed E-state index contributed by atoms with van der Waals surface area (Å²) in [6.07, 6.45) is -3.54. The highest BCUT2D eigenvalue weighted by Crippen LogP contribution is 2.35. The summed E-state index contributed by atoms with van der Waals surface area (Å²) >= 11 is 0. The minimum Gasteiger partial charge on any atom is -0.338 e. The molecule has 0 saturated carbocycles. The van der Waals surface area contributed by atoms with Gasteiger partial charge in [-0.05, 0) is 23.6 Å². The molecule has 2 rings (SSSR count). The largest absolute Gasteiger partial charge is 0.416 e. The fourth-order valence-corrected chi connectivity index (χ4v) is 2.28. The Bertz CT molecular complexity index is 468. The van der Waals surface area contributed by atoms with E-state index in [4.69, 9.17) is 0 Å². The molecule has 2 nitrogen and oxygen atoms in total. The number of amides is 1.